The lowest BCUT2D eigenvalue weighted by atomic mass is 10.1. The highest BCUT2D eigenvalue weighted by atomic mass is 32.1. The molecule has 1 aromatic heterocycles. The maximum absolute atomic E-state index is 13.0. The van der Waals surface area contributed by atoms with E-state index in [1.165, 1.54) is 11.3 Å². The molecule has 28 heavy (non-hydrogen) atoms. The minimum absolute atomic E-state index is 0.0364. The predicted molar refractivity (Wildman–Crippen MR) is 114 cm³/mol. The van der Waals surface area contributed by atoms with Crippen molar-refractivity contribution >= 4 is 22.4 Å². The molecule has 1 heterocycles. The van der Waals surface area contributed by atoms with Gasteiger partial charge in [-0.1, -0.05) is 55.5 Å². The van der Waals surface area contributed by atoms with E-state index < -0.39 is 0 Å². The third-order valence-corrected chi connectivity index (χ3v) is 5.10. The van der Waals surface area contributed by atoms with Crippen molar-refractivity contribution in [3.8, 4) is 16.3 Å². The molecule has 5 nitrogen and oxygen atoms in total. The number of nitrogens with zero attached hydrogens (tertiary/aromatic N) is 3. The number of hydrogen-bond acceptors (Lipinski definition) is 5. The summed E-state index contributed by atoms with van der Waals surface area (Å²) < 4.78 is 5.49. The van der Waals surface area contributed by atoms with Gasteiger partial charge in [-0.15, -0.1) is 10.2 Å². The number of carbonyl (C=O) groups excluding carboxylic acids is 1. The lowest BCUT2D eigenvalue weighted by Crippen LogP contribution is -2.35. The van der Waals surface area contributed by atoms with Crippen LogP contribution in [0.15, 0.2) is 54.6 Å². The van der Waals surface area contributed by atoms with Crippen molar-refractivity contribution in [2.75, 3.05) is 18.1 Å². The van der Waals surface area contributed by atoms with Crippen LogP contribution in [-0.2, 0) is 11.2 Å². The van der Waals surface area contributed by atoms with Crippen LogP contribution in [0, 0.1) is 5.92 Å². The first-order chi connectivity index (χ1) is 13.6. The van der Waals surface area contributed by atoms with E-state index in [9.17, 15) is 4.79 Å². The number of benzene rings is 2. The number of rotatable bonds is 8. The average molecular weight is 396 g/mol. The quantitative estimate of drug-likeness (QED) is 0.548. The molecular weight excluding hydrogens is 370 g/mol. The summed E-state index contributed by atoms with van der Waals surface area (Å²) in [4.78, 5) is 14.7. The van der Waals surface area contributed by atoms with Crippen molar-refractivity contribution in [1.29, 1.82) is 0 Å². The number of anilines is 1. The number of ether oxygens (including phenoxy) is 1. The predicted octanol–water partition coefficient (Wildman–Crippen LogP) is 4.84. The number of carbonyl (C=O) groups is 1. The molecule has 0 radical (unpaired) electrons. The Morgan fingerprint density at radius 1 is 1.07 bits per heavy atom. The van der Waals surface area contributed by atoms with Crippen LogP contribution in [0.2, 0.25) is 0 Å². The van der Waals surface area contributed by atoms with Crippen LogP contribution in [-0.4, -0.2) is 29.3 Å². The van der Waals surface area contributed by atoms with Gasteiger partial charge in [0.05, 0.1) is 13.0 Å². The van der Waals surface area contributed by atoms with Crippen molar-refractivity contribution in [3.63, 3.8) is 0 Å². The van der Waals surface area contributed by atoms with Gasteiger partial charge in [-0.25, -0.2) is 0 Å². The molecule has 0 atom stereocenters. The molecule has 0 saturated carbocycles. The zero-order valence-corrected chi connectivity index (χ0v) is 17.3. The minimum atomic E-state index is 0.0364. The second kappa shape index (κ2) is 9.46. The molecule has 3 rings (SSSR count). The van der Waals surface area contributed by atoms with E-state index in [1.807, 2.05) is 61.5 Å². The van der Waals surface area contributed by atoms with Crippen LogP contribution in [0.5, 0.6) is 5.75 Å². The fraction of sp³-hybridized carbons (Fsp3) is 0.318. The van der Waals surface area contributed by atoms with E-state index >= 15 is 0 Å². The van der Waals surface area contributed by atoms with Gasteiger partial charge in [-0.2, -0.15) is 0 Å². The van der Waals surface area contributed by atoms with Crippen molar-refractivity contribution in [3.05, 3.63) is 60.2 Å². The molecule has 3 aromatic rings. The van der Waals surface area contributed by atoms with Crippen LogP contribution < -0.4 is 9.64 Å². The van der Waals surface area contributed by atoms with Gasteiger partial charge >= 0.3 is 0 Å². The topological polar surface area (TPSA) is 55.3 Å². The number of amides is 1. The summed E-state index contributed by atoms with van der Waals surface area (Å²) in [5.41, 5.74) is 1.96. The fourth-order valence-corrected chi connectivity index (χ4v) is 3.70. The van der Waals surface area contributed by atoms with Crippen molar-refractivity contribution in [2.24, 2.45) is 5.92 Å². The molecule has 146 valence electrons. The van der Waals surface area contributed by atoms with Gasteiger partial charge in [0, 0.05) is 12.1 Å². The summed E-state index contributed by atoms with van der Waals surface area (Å²) in [6.45, 7) is 7.40. The Labute approximate surface area is 170 Å². The zero-order valence-electron chi connectivity index (χ0n) is 16.5. The Kier molecular flexibility index (Phi) is 6.76. The Morgan fingerprint density at radius 2 is 1.79 bits per heavy atom. The molecule has 0 unspecified atom stereocenters. The standard InChI is InChI=1S/C22H25N3O2S/c1-4-27-19-12-10-18(11-13-19)21-23-24-22(28-21)25(15-16(2)3)20(26)14-17-8-6-5-7-9-17/h5-13,16H,4,14-15H2,1-3H3. The molecule has 1 amide bonds. The third-order valence-electron chi connectivity index (χ3n) is 4.10. The van der Waals surface area contributed by atoms with Crippen LogP contribution in [0.25, 0.3) is 10.6 Å². The summed E-state index contributed by atoms with van der Waals surface area (Å²) in [5, 5.41) is 10.1. The Balaban J connectivity index is 1.80. The lowest BCUT2D eigenvalue weighted by molar-refractivity contribution is -0.118. The van der Waals surface area contributed by atoms with E-state index in [-0.39, 0.29) is 5.91 Å². The summed E-state index contributed by atoms with van der Waals surface area (Å²) in [7, 11) is 0. The number of aromatic nitrogens is 2. The van der Waals surface area contributed by atoms with Gasteiger partial charge < -0.3 is 4.74 Å². The monoisotopic (exact) mass is 395 g/mol. The van der Waals surface area contributed by atoms with Gasteiger partial charge in [0.2, 0.25) is 11.0 Å². The van der Waals surface area contributed by atoms with Gasteiger partial charge in [0.1, 0.15) is 10.8 Å². The highest BCUT2D eigenvalue weighted by molar-refractivity contribution is 7.18. The lowest BCUT2D eigenvalue weighted by Gasteiger charge is -2.21. The summed E-state index contributed by atoms with van der Waals surface area (Å²) >= 11 is 1.44. The Hall–Kier alpha value is -2.73. The fourth-order valence-electron chi connectivity index (χ4n) is 2.82. The molecule has 0 aliphatic carbocycles. The highest BCUT2D eigenvalue weighted by Gasteiger charge is 2.21. The van der Waals surface area contributed by atoms with Crippen molar-refractivity contribution in [1.82, 2.24) is 10.2 Å². The van der Waals surface area contributed by atoms with E-state index in [1.54, 1.807) is 4.90 Å². The molecule has 6 heteroatoms. The Bertz CT molecular complexity index is 892. The second-order valence-electron chi connectivity index (χ2n) is 6.91. The van der Waals surface area contributed by atoms with E-state index in [0.717, 1.165) is 21.9 Å². The van der Waals surface area contributed by atoms with Gasteiger partial charge in [0.15, 0.2) is 0 Å². The largest absolute Gasteiger partial charge is 0.494 e. The zero-order chi connectivity index (χ0) is 19.9. The third kappa shape index (κ3) is 5.16. The van der Waals surface area contributed by atoms with Crippen LogP contribution in [0.4, 0.5) is 5.13 Å². The van der Waals surface area contributed by atoms with Crippen LogP contribution in [0.1, 0.15) is 26.3 Å². The van der Waals surface area contributed by atoms with Crippen molar-refractivity contribution < 1.29 is 9.53 Å². The van der Waals surface area contributed by atoms with E-state index in [4.69, 9.17) is 4.74 Å². The summed E-state index contributed by atoms with van der Waals surface area (Å²) in [6.07, 6.45) is 0.353. The molecule has 0 bridgehead atoms. The first-order valence-electron chi connectivity index (χ1n) is 9.48. The van der Waals surface area contributed by atoms with Gasteiger partial charge in [0.25, 0.3) is 0 Å². The second-order valence-corrected chi connectivity index (χ2v) is 7.86. The smallest absolute Gasteiger partial charge is 0.233 e. The molecular formula is C22H25N3O2S. The van der Waals surface area contributed by atoms with Crippen LogP contribution >= 0.6 is 11.3 Å². The molecule has 0 fully saturated rings. The maximum atomic E-state index is 13.0. The van der Waals surface area contributed by atoms with Crippen molar-refractivity contribution in [2.45, 2.75) is 27.2 Å². The highest BCUT2D eigenvalue weighted by Crippen LogP contribution is 2.30. The normalized spacial score (nSPS) is 10.9. The van der Waals surface area contributed by atoms with Gasteiger partial charge in [-0.3, -0.25) is 9.69 Å². The first-order valence-corrected chi connectivity index (χ1v) is 10.3. The average Bonchev–Trinajstić information content (AvgIpc) is 3.17. The first kappa shape index (κ1) is 20.0. The summed E-state index contributed by atoms with van der Waals surface area (Å²) in [6, 6.07) is 17.6. The molecule has 0 N–H and O–H groups in total. The van der Waals surface area contributed by atoms with Gasteiger partial charge in [-0.05, 0) is 42.7 Å². The summed E-state index contributed by atoms with van der Waals surface area (Å²) in [5.74, 6) is 1.20. The van der Waals surface area contributed by atoms with E-state index in [0.29, 0.717) is 30.6 Å². The number of hydrogen-bond donors (Lipinski definition) is 0. The molecule has 0 aliphatic heterocycles. The molecule has 0 spiro atoms. The van der Waals surface area contributed by atoms with Crippen LogP contribution in [0.3, 0.4) is 0 Å². The molecule has 0 saturated heterocycles. The SMILES string of the molecule is CCOc1ccc(-c2nnc(N(CC(C)C)C(=O)Cc3ccccc3)s2)cc1. The minimum Gasteiger partial charge on any atom is -0.494 e. The molecule has 2 aromatic carbocycles. The van der Waals surface area contributed by atoms with E-state index in [2.05, 4.69) is 24.0 Å². The Morgan fingerprint density at radius 3 is 2.43 bits per heavy atom. The molecule has 0 aliphatic rings. The maximum Gasteiger partial charge on any atom is 0.233 e.